The van der Waals surface area contributed by atoms with Gasteiger partial charge in [0.25, 0.3) is 0 Å². The molecule has 4 heteroatoms. The Balaban J connectivity index is 3.55. The lowest BCUT2D eigenvalue weighted by Gasteiger charge is -2.19. The van der Waals surface area contributed by atoms with Crippen LogP contribution >= 0.6 is 11.8 Å². The van der Waals surface area contributed by atoms with Crippen molar-refractivity contribution >= 4 is 11.8 Å². The molecule has 0 aliphatic heterocycles. The molecule has 0 spiro atoms. The lowest BCUT2D eigenvalue weighted by atomic mass is 10.1. The smallest absolute Gasteiger partial charge is 0.0897 e. The molecule has 0 bridgehead atoms. The van der Waals surface area contributed by atoms with E-state index in [1.807, 2.05) is 11.8 Å². The Kier molecular flexibility index (Phi) is 10.3. The fourth-order valence-electron chi connectivity index (χ4n) is 1.71. The first-order chi connectivity index (χ1) is 7.95. The summed E-state index contributed by atoms with van der Waals surface area (Å²) in [5.74, 6) is 1.71. The minimum atomic E-state index is -0.408. The lowest BCUT2D eigenvalue weighted by molar-refractivity contribution is -0.00894. The predicted octanol–water partition coefficient (Wildman–Crippen LogP) is 2.14. The molecule has 0 rings (SSSR count). The van der Waals surface area contributed by atoms with Gasteiger partial charge in [-0.3, -0.25) is 0 Å². The monoisotopic (exact) mass is 263 g/mol. The minimum absolute atomic E-state index is 0.230. The molecule has 0 aliphatic carbocycles. The fourth-order valence-corrected chi connectivity index (χ4v) is 2.33. The van der Waals surface area contributed by atoms with Crippen molar-refractivity contribution in [3.63, 3.8) is 0 Å². The molecule has 3 unspecified atom stereocenters. The topological polar surface area (TPSA) is 41.5 Å². The van der Waals surface area contributed by atoms with Crippen LogP contribution in [0.25, 0.3) is 0 Å². The average molecular weight is 263 g/mol. The lowest BCUT2D eigenvalue weighted by Crippen LogP contribution is -2.37. The highest BCUT2D eigenvalue weighted by Crippen LogP contribution is 2.07. The second-order valence-electron chi connectivity index (χ2n) is 5.19. The van der Waals surface area contributed by atoms with Gasteiger partial charge in [0, 0.05) is 18.3 Å². The summed E-state index contributed by atoms with van der Waals surface area (Å²) < 4.78 is 5.61. The van der Waals surface area contributed by atoms with Gasteiger partial charge in [0.2, 0.25) is 0 Å². The molecule has 17 heavy (non-hydrogen) atoms. The van der Waals surface area contributed by atoms with Crippen LogP contribution in [0.2, 0.25) is 0 Å². The van der Waals surface area contributed by atoms with E-state index < -0.39 is 6.10 Å². The Morgan fingerprint density at radius 1 is 1.24 bits per heavy atom. The molecule has 0 radical (unpaired) electrons. The number of ether oxygens (including phenoxy) is 1. The Labute approximate surface area is 111 Å². The molecule has 104 valence electrons. The summed E-state index contributed by atoms with van der Waals surface area (Å²) in [4.78, 5) is 0. The van der Waals surface area contributed by atoms with E-state index in [0.717, 1.165) is 12.2 Å². The molecule has 0 amide bonds. The van der Waals surface area contributed by atoms with Crippen LogP contribution in [0.4, 0.5) is 0 Å². The van der Waals surface area contributed by atoms with Crippen LogP contribution in [0.5, 0.6) is 0 Å². The quantitative estimate of drug-likeness (QED) is 0.634. The number of rotatable bonds is 10. The highest BCUT2D eigenvalue weighted by Gasteiger charge is 2.10. The van der Waals surface area contributed by atoms with Gasteiger partial charge in [-0.25, -0.2) is 0 Å². The zero-order valence-corrected chi connectivity index (χ0v) is 12.7. The van der Waals surface area contributed by atoms with Gasteiger partial charge >= 0.3 is 0 Å². The molecule has 0 aromatic carbocycles. The second kappa shape index (κ2) is 10.2. The molecule has 0 aromatic heterocycles. The zero-order chi connectivity index (χ0) is 13.3. The van der Waals surface area contributed by atoms with Crippen molar-refractivity contribution in [2.24, 2.45) is 5.92 Å². The maximum atomic E-state index is 9.75. The molecule has 0 fully saturated rings. The van der Waals surface area contributed by atoms with E-state index in [1.165, 1.54) is 0 Å². The summed E-state index contributed by atoms with van der Waals surface area (Å²) in [6.45, 7) is 9.59. The van der Waals surface area contributed by atoms with Crippen LogP contribution in [-0.2, 0) is 4.74 Å². The maximum absolute atomic E-state index is 9.75. The van der Waals surface area contributed by atoms with E-state index >= 15 is 0 Å². The van der Waals surface area contributed by atoms with E-state index in [2.05, 4.69) is 39.3 Å². The largest absolute Gasteiger partial charge is 0.389 e. The molecule has 0 saturated heterocycles. The number of aliphatic hydroxyl groups excluding tert-OH is 1. The molecule has 0 aliphatic rings. The summed E-state index contributed by atoms with van der Waals surface area (Å²) in [7, 11) is 0. The standard InChI is InChI=1S/C13H29NO2S/c1-10(2)6-12(4)16-8-13(15)7-14-11(3)9-17-5/h10-15H,6-9H2,1-5H3. The highest BCUT2D eigenvalue weighted by atomic mass is 32.2. The molecule has 0 aromatic rings. The summed E-state index contributed by atoms with van der Waals surface area (Å²) in [6.07, 6.45) is 2.95. The zero-order valence-electron chi connectivity index (χ0n) is 11.9. The van der Waals surface area contributed by atoms with Gasteiger partial charge in [0.15, 0.2) is 0 Å². The normalized spacial score (nSPS) is 17.1. The first kappa shape index (κ1) is 17.2. The van der Waals surface area contributed by atoms with Crippen LogP contribution in [0, 0.1) is 5.92 Å². The molecule has 3 atom stereocenters. The van der Waals surface area contributed by atoms with Crippen molar-refractivity contribution in [3.05, 3.63) is 0 Å². The summed E-state index contributed by atoms with van der Waals surface area (Å²) in [5, 5.41) is 13.1. The van der Waals surface area contributed by atoms with Gasteiger partial charge < -0.3 is 15.2 Å². The highest BCUT2D eigenvalue weighted by molar-refractivity contribution is 7.98. The number of thioether (sulfide) groups is 1. The van der Waals surface area contributed by atoms with Crippen molar-refractivity contribution in [2.75, 3.05) is 25.2 Å². The predicted molar refractivity (Wildman–Crippen MR) is 76.7 cm³/mol. The van der Waals surface area contributed by atoms with Crippen molar-refractivity contribution < 1.29 is 9.84 Å². The van der Waals surface area contributed by atoms with Gasteiger partial charge in [-0.1, -0.05) is 13.8 Å². The molecule has 0 heterocycles. The van der Waals surface area contributed by atoms with Gasteiger partial charge in [-0.2, -0.15) is 11.8 Å². The van der Waals surface area contributed by atoms with Crippen LogP contribution in [0.3, 0.4) is 0 Å². The van der Waals surface area contributed by atoms with Crippen LogP contribution < -0.4 is 5.32 Å². The van der Waals surface area contributed by atoms with Crippen molar-refractivity contribution in [3.8, 4) is 0 Å². The molecule has 2 N–H and O–H groups in total. The van der Waals surface area contributed by atoms with E-state index in [9.17, 15) is 5.11 Å². The third-order valence-corrected chi connectivity index (χ3v) is 3.33. The van der Waals surface area contributed by atoms with E-state index in [4.69, 9.17) is 4.74 Å². The molecular formula is C13H29NO2S. The number of aliphatic hydroxyl groups is 1. The fraction of sp³-hybridized carbons (Fsp3) is 1.00. The summed E-state index contributed by atoms with van der Waals surface area (Å²) in [6, 6.07) is 0.438. The molecule has 3 nitrogen and oxygen atoms in total. The minimum Gasteiger partial charge on any atom is -0.389 e. The van der Waals surface area contributed by atoms with Crippen molar-refractivity contribution in [2.45, 2.75) is 52.4 Å². The van der Waals surface area contributed by atoms with Gasteiger partial charge in [-0.05, 0) is 32.4 Å². The Bertz CT molecular complexity index is 179. The van der Waals surface area contributed by atoms with Gasteiger partial charge in [0.1, 0.15) is 0 Å². The van der Waals surface area contributed by atoms with E-state index in [1.54, 1.807) is 0 Å². The van der Waals surface area contributed by atoms with Crippen molar-refractivity contribution in [1.82, 2.24) is 5.32 Å². The van der Waals surface area contributed by atoms with E-state index in [-0.39, 0.29) is 6.10 Å². The third-order valence-electron chi connectivity index (χ3n) is 2.50. The van der Waals surface area contributed by atoms with Gasteiger partial charge in [-0.15, -0.1) is 0 Å². The SMILES string of the molecule is CSCC(C)NCC(O)COC(C)CC(C)C. The Morgan fingerprint density at radius 2 is 1.88 bits per heavy atom. The van der Waals surface area contributed by atoms with Crippen LogP contribution in [0.1, 0.15) is 34.1 Å². The van der Waals surface area contributed by atoms with Gasteiger partial charge in [0.05, 0.1) is 18.8 Å². The number of nitrogens with one attached hydrogen (secondary N) is 1. The average Bonchev–Trinajstić information content (AvgIpc) is 2.23. The third kappa shape index (κ3) is 11.1. The number of hydrogen-bond acceptors (Lipinski definition) is 4. The second-order valence-corrected chi connectivity index (χ2v) is 6.10. The number of hydrogen-bond donors (Lipinski definition) is 2. The summed E-state index contributed by atoms with van der Waals surface area (Å²) in [5.41, 5.74) is 0. The van der Waals surface area contributed by atoms with Crippen molar-refractivity contribution in [1.29, 1.82) is 0 Å². The first-order valence-electron chi connectivity index (χ1n) is 6.47. The first-order valence-corrected chi connectivity index (χ1v) is 7.87. The Morgan fingerprint density at radius 3 is 2.41 bits per heavy atom. The maximum Gasteiger partial charge on any atom is 0.0897 e. The van der Waals surface area contributed by atoms with Crippen LogP contribution in [0.15, 0.2) is 0 Å². The van der Waals surface area contributed by atoms with E-state index in [0.29, 0.717) is 25.1 Å². The van der Waals surface area contributed by atoms with Crippen LogP contribution in [-0.4, -0.2) is 48.5 Å². The Hall–Kier alpha value is 0.230. The molecule has 0 saturated carbocycles. The molecular weight excluding hydrogens is 234 g/mol. The summed E-state index contributed by atoms with van der Waals surface area (Å²) >= 11 is 1.81.